The van der Waals surface area contributed by atoms with E-state index >= 15 is 0 Å². The SMILES string of the molecule is Cl.Cl.NCCCOc1cc2ccccc2cc1C(=O)Oc1cc(Cl)ccc1NC(=O)c1cc2ccccc2cc1OCCN. The van der Waals surface area contributed by atoms with Gasteiger partial charge >= 0.3 is 5.97 Å². The van der Waals surface area contributed by atoms with Crippen LogP contribution >= 0.6 is 36.4 Å². The van der Waals surface area contributed by atoms with E-state index in [0.717, 1.165) is 21.5 Å². The molecule has 0 atom stereocenters. The van der Waals surface area contributed by atoms with Crippen LogP contribution in [0.3, 0.4) is 0 Å². The van der Waals surface area contributed by atoms with E-state index in [1.807, 2.05) is 48.5 Å². The number of benzene rings is 5. The Morgan fingerprint density at radius 2 is 1.20 bits per heavy atom. The van der Waals surface area contributed by atoms with Crippen LogP contribution in [0.5, 0.6) is 17.2 Å². The van der Waals surface area contributed by atoms with Crippen molar-refractivity contribution in [2.45, 2.75) is 6.42 Å². The highest BCUT2D eigenvalue weighted by atomic mass is 35.5. The molecule has 0 fully saturated rings. The molecule has 0 saturated heterocycles. The lowest BCUT2D eigenvalue weighted by molar-refractivity contribution is 0.0730. The zero-order valence-electron chi connectivity index (χ0n) is 23.6. The maximum Gasteiger partial charge on any atom is 0.347 e. The van der Waals surface area contributed by atoms with Crippen LogP contribution in [-0.4, -0.2) is 38.2 Å². The van der Waals surface area contributed by atoms with Crippen molar-refractivity contribution in [3.05, 3.63) is 107 Å². The van der Waals surface area contributed by atoms with Gasteiger partial charge in [-0.15, -0.1) is 24.8 Å². The van der Waals surface area contributed by atoms with Gasteiger partial charge in [0.2, 0.25) is 0 Å². The normalized spacial score (nSPS) is 10.4. The molecule has 0 heterocycles. The standard InChI is InChI=1S/C33H30ClN3O5.2ClH/c34-25-10-11-28(37-32(38)26-16-21-6-1-3-8-23(21)18-29(26)41-15-13-36)31(20-25)42-33(39)27-17-22-7-2-4-9-24(22)19-30(27)40-14-5-12-35;;/h1-4,6-11,16-20H,5,12-15,35-36H2,(H,37,38);2*1H. The number of esters is 1. The number of hydrogen-bond donors (Lipinski definition) is 3. The number of nitrogens with one attached hydrogen (secondary N) is 1. The first-order chi connectivity index (χ1) is 20.5. The largest absolute Gasteiger partial charge is 0.493 e. The third-order valence-corrected chi connectivity index (χ3v) is 6.77. The lowest BCUT2D eigenvalue weighted by Gasteiger charge is -2.16. The van der Waals surface area contributed by atoms with E-state index in [-0.39, 0.29) is 55.0 Å². The molecule has 0 bridgehead atoms. The zero-order valence-corrected chi connectivity index (χ0v) is 26.0. The number of fused-ring (bicyclic) bond motifs is 2. The van der Waals surface area contributed by atoms with Crippen LogP contribution in [0.1, 0.15) is 27.1 Å². The van der Waals surface area contributed by atoms with Crippen molar-refractivity contribution < 1.29 is 23.8 Å². The molecule has 0 spiro atoms. The van der Waals surface area contributed by atoms with Crippen LogP contribution in [0.4, 0.5) is 5.69 Å². The Labute approximate surface area is 272 Å². The van der Waals surface area contributed by atoms with E-state index in [1.54, 1.807) is 36.4 Å². The second-order valence-corrected chi connectivity index (χ2v) is 9.94. The summed E-state index contributed by atoms with van der Waals surface area (Å²) >= 11 is 6.27. The first-order valence-corrected chi connectivity index (χ1v) is 13.9. The highest BCUT2D eigenvalue weighted by Crippen LogP contribution is 2.33. The highest BCUT2D eigenvalue weighted by Gasteiger charge is 2.21. The van der Waals surface area contributed by atoms with Gasteiger partial charge < -0.3 is 31.0 Å². The summed E-state index contributed by atoms with van der Waals surface area (Å²) in [4.78, 5) is 27.1. The quantitative estimate of drug-likeness (QED) is 0.0792. The molecule has 5 aromatic rings. The maximum atomic E-state index is 13.6. The summed E-state index contributed by atoms with van der Waals surface area (Å²) in [6.07, 6.45) is 0.623. The monoisotopic (exact) mass is 655 g/mol. The van der Waals surface area contributed by atoms with Gasteiger partial charge in [0.25, 0.3) is 5.91 Å². The Hall–Kier alpha value is -4.05. The first kappa shape index (κ1) is 34.4. The third kappa shape index (κ3) is 8.11. The van der Waals surface area contributed by atoms with E-state index in [9.17, 15) is 9.59 Å². The molecule has 11 heteroatoms. The summed E-state index contributed by atoms with van der Waals surface area (Å²) in [5.74, 6) is -0.285. The fraction of sp³-hybridized carbons (Fsp3) is 0.152. The van der Waals surface area contributed by atoms with Gasteiger partial charge in [0.15, 0.2) is 5.75 Å². The molecule has 0 saturated carbocycles. The minimum atomic E-state index is -0.668. The van der Waals surface area contributed by atoms with E-state index in [0.29, 0.717) is 41.7 Å². The van der Waals surface area contributed by atoms with Gasteiger partial charge in [-0.2, -0.15) is 0 Å². The number of halogens is 3. The Bertz CT molecular complexity index is 1770. The van der Waals surface area contributed by atoms with Crippen molar-refractivity contribution >= 4 is 75.5 Å². The lowest BCUT2D eigenvalue weighted by atomic mass is 10.0. The Morgan fingerprint density at radius 3 is 1.80 bits per heavy atom. The molecular formula is C33H32Cl3N3O5. The van der Waals surface area contributed by atoms with Crippen molar-refractivity contribution in [3.8, 4) is 17.2 Å². The lowest BCUT2D eigenvalue weighted by Crippen LogP contribution is -2.18. The summed E-state index contributed by atoms with van der Waals surface area (Å²) in [6, 6.07) is 27.0. The number of nitrogens with two attached hydrogens (primary N) is 2. The maximum absolute atomic E-state index is 13.6. The highest BCUT2D eigenvalue weighted by molar-refractivity contribution is 6.31. The molecule has 5 N–H and O–H groups in total. The van der Waals surface area contributed by atoms with Crippen molar-refractivity contribution in [2.75, 3.05) is 31.6 Å². The number of amides is 1. The third-order valence-electron chi connectivity index (χ3n) is 6.54. The molecule has 0 aliphatic rings. The summed E-state index contributed by atoms with van der Waals surface area (Å²) in [6.45, 7) is 1.32. The number of anilines is 1. The average molecular weight is 657 g/mol. The minimum absolute atomic E-state index is 0. The van der Waals surface area contributed by atoms with E-state index in [4.69, 9.17) is 37.3 Å². The van der Waals surface area contributed by atoms with Crippen LogP contribution in [0.2, 0.25) is 5.02 Å². The molecule has 0 aliphatic heterocycles. The number of rotatable bonds is 11. The number of carbonyl (C=O) groups excluding carboxylic acids is 2. The van der Waals surface area contributed by atoms with Gasteiger partial charge in [0.1, 0.15) is 23.7 Å². The molecular weight excluding hydrogens is 625 g/mol. The molecule has 1 amide bonds. The van der Waals surface area contributed by atoms with Gasteiger partial charge in [-0.1, -0.05) is 60.1 Å². The van der Waals surface area contributed by atoms with E-state index in [1.165, 1.54) is 6.07 Å². The Kier molecular flexibility index (Phi) is 12.6. The fourth-order valence-corrected chi connectivity index (χ4v) is 4.64. The molecule has 0 aliphatic carbocycles. The summed E-state index contributed by atoms with van der Waals surface area (Å²) in [5, 5.41) is 6.71. The van der Waals surface area contributed by atoms with Crippen LogP contribution < -0.4 is 31.0 Å². The Morgan fingerprint density at radius 1 is 0.659 bits per heavy atom. The second kappa shape index (κ2) is 16.1. The molecule has 0 radical (unpaired) electrons. The summed E-state index contributed by atoms with van der Waals surface area (Å²) in [5.41, 5.74) is 12.1. The van der Waals surface area contributed by atoms with Gasteiger partial charge in [-0.3, -0.25) is 4.79 Å². The minimum Gasteiger partial charge on any atom is -0.493 e. The first-order valence-electron chi connectivity index (χ1n) is 13.5. The van der Waals surface area contributed by atoms with Crippen molar-refractivity contribution in [2.24, 2.45) is 11.5 Å². The van der Waals surface area contributed by atoms with Gasteiger partial charge in [-0.05, 0) is 70.9 Å². The molecule has 5 aromatic carbocycles. The summed E-state index contributed by atoms with van der Waals surface area (Å²) in [7, 11) is 0. The predicted octanol–water partition coefficient (Wildman–Crippen LogP) is 7.03. The zero-order chi connectivity index (χ0) is 29.5. The molecule has 0 unspecified atom stereocenters. The molecule has 0 aromatic heterocycles. The average Bonchev–Trinajstić information content (AvgIpc) is 3.00. The van der Waals surface area contributed by atoms with Crippen molar-refractivity contribution in [3.63, 3.8) is 0 Å². The van der Waals surface area contributed by atoms with E-state index < -0.39 is 11.9 Å². The van der Waals surface area contributed by atoms with Crippen molar-refractivity contribution in [1.82, 2.24) is 0 Å². The van der Waals surface area contributed by atoms with Gasteiger partial charge in [0, 0.05) is 17.6 Å². The van der Waals surface area contributed by atoms with Gasteiger partial charge in [0.05, 0.1) is 17.9 Å². The van der Waals surface area contributed by atoms with Crippen LogP contribution in [0.15, 0.2) is 91.0 Å². The fourth-order valence-electron chi connectivity index (χ4n) is 4.48. The van der Waals surface area contributed by atoms with Crippen molar-refractivity contribution in [1.29, 1.82) is 0 Å². The van der Waals surface area contributed by atoms with E-state index in [2.05, 4.69) is 5.32 Å². The molecule has 44 heavy (non-hydrogen) atoms. The number of hydrogen-bond acceptors (Lipinski definition) is 7. The van der Waals surface area contributed by atoms with Crippen LogP contribution in [0.25, 0.3) is 21.5 Å². The smallest absolute Gasteiger partial charge is 0.347 e. The number of ether oxygens (including phenoxy) is 3. The topological polar surface area (TPSA) is 126 Å². The second-order valence-electron chi connectivity index (χ2n) is 9.50. The number of carbonyl (C=O) groups is 2. The molecule has 8 nitrogen and oxygen atoms in total. The Balaban J connectivity index is 0.00000264. The van der Waals surface area contributed by atoms with Crippen LogP contribution in [-0.2, 0) is 0 Å². The van der Waals surface area contributed by atoms with Gasteiger partial charge in [-0.25, -0.2) is 4.79 Å². The molecule has 230 valence electrons. The molecule has 5 rings (SSSR count). The predicted molar refractivity (Wildman–Crippen MR) is 180 cm³/mol. The summed E-state index contributed by atoms with van der Waals surface area (Å²) < 4.78 is 17.5. The van der Waals surface area contributed by atoms with Crippen LogP contribution in [0, 0.1) is 0 Å².